The molecule has 3 heteroatoms. The molecule has 0 aliphatic heterocycles. The van der Waals surface area contributed by atoms with Gasteiger partial charge in [0.05, 0.1) is 8.32 Å². The predicted molar refractivity (Wildman–Crippen MR) is 84.0 cm³/mol. The number of benzene rings is 3. The Kier molecular flexibility index (Phi) is 5.56. The summed E-state index contributed by atoms with van der Waals surface area (Å²) in [7, 11) is -3.13. The molecule has 0 aliphatic rings. The van der Waals surface area contributed by atoms with Crippen molar-refractivity contribution in [2.75, 3.05) is 0 Å². The molecule has 0 fully saturated rings. The van der Waals surface area contributed by atoms with Gasteiger partial charge in [0.25, 0.3) is 0 Å². The van der Waals surface area contributed by atoms with E-state index in [1.165, 1.54) is 0 Å². The van der Waals surface area contributed by atoms with Gasteiger partial charge in [-0.25, -0.2) is 0 Å². The van der Waals surface area contributed by atoms with Crippen molar-refractivity contribution in [3.05, 3.63) is 91.0 Å². The van der Waals surface area contributed by atoms with Crippen molar-refractivity contribution in [2.24, 2.45) is 0 Å². The summed E-state index contributed by atoms with van der Waals surface area (Å²) in [5, 5.41) is 2.70. The van der Waals surface area contributed by atoms with Gasteiger partial charge in [-0.1, -0.05) is 107 Å². The van der Waals surface area contributed by atoms with Crippen LogP contribution in [0.1, 0.15) is 0 Å². The number of hydrogen-bond donors (Lipinski definition) is 0. The second-order valence-electron chi connectivity index (χ2n) is 4.78. The first-order valence-corrected chi connectivity index (χ1v) is 8.59. The summed E-state index contributed by atoms with van der Waals surface area (Å²) in [5.74, 6) is 0. The fourth-order valence-corrected chi connectivity index (χ4v) is 5.50. The van der Waals surface area contributed by atoms with Gasteiger partial charge >= 0.3 is 29.6 Å². The zero-order valence-electron chi connectivity index (χ0n) is 12.1. The summed E-state index contributed by atoms with van der Waals surface area (Å²) in [6.45, 7) is 0. The van der Waals surface area contributed by atoms with E-state index >= 15 is 0 Å². The molecule has 98 valence electrons. The Morgan fingerprint density at radius 3 is 0.952 bits per heavy atom. The van der Waals surface area contributed by atoms with Crippen LogP contribution in [0.25, 0.3) is 0 Å². The van der Waals surface area contributed by atoms with E-state index in [9.17, 15) is 4.80 Å². The molecule has 0 saturated heterocycles. The van der Waals surface area contributed by atoms with Crippen LogP contribution in [-0.4, -0.2) is 8.32 Å². The van der Waals surface area contributed by atoms with Crippen molar-refractivity contribution in [1.29, 1.82) is 0 Å². The summed E-state index contributed by atoms with van der Waals surface area (Å²) >= 11 is 0. The maximum atomic E-state index is 13.8. The zero-order valence-corrected chi connectivity index (χ0v) is 15.1. The standard InChI is InChI=1S/C18H15OSi.Na/c19-20(16-10-4-1-5-11-16,17-12-6-2-7-13-17)18-14-8-3-9-15-18;/h1-15H;/q-1;+1. The van der Waals surface area contributed by atoms with E-state index in [1.54, 1.807) is 0 Å². The molecule has 0 unspecified atom stereocenters. The van der Waals surface area contributed by atoms with Gasteiger partial charge in [0, 0.05) is 0 Å². The van der Waals surface area contributed by atoms with Crippen molar-refractivity contribution in [3.63, 3.8) is 0 Å². The Labute approximate surface area is 148 Å². The van der Waals surface area contributed by atoms with Crippen molar-refractivity contribution >= 4 is 23.9 Å². The third kappa shape index (κ3) is 3.20. The molecule has 3 rings (SSSR count). The molecule has 0 N–H and O–H groups in total. The second-order valence-corrected chi connectivity index (χ2v) is 7.87. The molecule has 0 atom stereocenters. The smallest absolute Gasteiger partial charge is 0.848 e. The molecule has 0 amide bonds. The molecular weight excluding hydrogens is 283 g/mol. The van der Waals surface area contributed by atoms with E-state index in [0.29, 0.717) is 0 Å². The average Bonchev–Trinajstić information content (AvgIpc) is 2.56. The molecule has 0 aliphatic carbocycles. The minimum Gasteiger partial charge on any atom is -0.848 e. The monoisotopic (exact) mass is 298 g/mol. The Morgan fingerprint density at radius 2 is 0.714 bits per heavy atom. The first-order valence-electron chi connectivity index (χ1n) is 6.69. The molecule has 3 aromatic carbocycles. The normalized spacial score (nSPS) is 10.7. The van der Waals surface area contributed by atoms with Crippen LogP contribution in [0, 0.1) is 0 Å². The summed E-state index contributed by atoms with van der Waals surface area (Å²) < 4.78 is 0. The van der Waals surface area contributed by atoms with Gasteiger partial charge in [-0.2, -0.15) is 0 Å². The molecule has 0 radical (unpaired) electrons. The molecule has 3 aromatic rings. The first-order chi connectivity index (χ1) is 9.82. The Bertz CT molecular complexity index is 575. The molecule has 0 bridgehead atoms. The quantitative estimate of drug-likeness (QED) is 0.406. The van der Waals surface area contributed by atoms with Crippen LogP contribution in [0.2, 0.25) is 0 Å². The van der Waals surface area contributed by atoms with Gasteiger partial charge in [0.2, 0.25) is 0 Å². The minimum atomic E-state index is -3.13. The summed E-state index contributed by atoms with van der Waals surface area (Å²) in [6, 6.07) is 29.3. The molecule has 0 spiro atoms. The van der Waals surface area contributed by atoms with Crippen molar-refractivity contribution in [3.8, 4) is 0 Å². The summed E-state index contributed by atoms with van der Waals surface area (Å²) in [4.78, 5) is 13.8. The van der Waals surface area contributed by atoms with Crippen LogP contribution in [0.3, 0.4) is 0 Å². The summed E-state index contributed by atoms with van der Waals surface area (Å²) in [6.07, 6.45) is 0. The van der Waals surface area contributed by atoms with Gasteiger partial charge in [0.1, 0.15) is 0 Å². The van der Waals surface area contributed by atoms with E-state index in [4.69, 9.17) is 0 Å². The topological polar surface area (TPSA) is 23.1 Å². The zero-order chi connectivity index (χ0) is 13.8. The van der Waals surface area contributed by atoms with E-state index < -0.39 is 8.32 Å². The molecule has 0 saturated carbocycles. The van der Waals surface area contributed by atoms with E-state index in [1.807, 2.05) is 91.0 Å². The Balaban J connectivity index is 0.00000161. The van der Waals surface area contributed by atoms with Crippen LogP contribution < -0.4 is 49.9 Å². The van der Waals surface area contributed by atoms with Crippen molar-refractivity contribution in [2.45, 2.75) is 0 Å². The van der Waals surface area contributed by atoms with E-state index in [-0.39, 0.29) is 29.6 Å². The first kappa shape index (κ1) is 16.2. The van der Waals surface area contributed by atoms with Gasteiger partial charge in [0.15, 0.2) is 0 Å². The van der Waals surface area contributed by atoms with E-state index in [2.05, 4.69) is 0 Å². The minimum absolute atomic E-state index is 0. The molecular formula is C18H15NaOSi. The SMILES string of the molecule is [Na+].[O-][Si](c1ccccc1)(c1ccccc1)c1ccccc1. The van der Waals surface area contributed by atoms with Gasteiger partial charge in [-0.15, -0.1) is 0 Å². The van der Waals surface area contributed by atoms with E-state index in [0.717, 1.165) is 15.6 Å². The van der Waals surface area contributed by atoms with Gasteiger partial charge in [-0.3, -0.25) is 0 Å². The van der Waals surface area contributed by atoms with Crippen molar-refractivity contribution < 1.29 is 34.4 Å². The third-order valence-corrected chi connectivity index (χ3v) is 6.98. The molecule has 1 nitrogen and oxygen atoms in total. The maximum Gasteiger partial charge on any atom is 1.00 e. The second kappa shape index (κ2) is 7.21. The number of hydrogen-bond acceptors (Lipinski definition) is 1. The Hall–Kier alpha value is -1.16. The number of rotatable bonds is 3. The predicted octanol–water partition coefficient (Wildman–Crippen LogP) is -1.98. The van der Waals surface area contributed by atoms with Gasteiger partial charge < -0.3 is 4.80 Å². The maximum absolute atomic E-state index is 13.8. The van der Waals surface area contributed by atoms with Crippen LogP contribution in [0.5, 0.6) is 0 Å². The fourth-order valence-electron chi connectivity index (χ4n) is 2.52. The molecule has 0 heterocycles. The largest absolute Gasteiger partial charge is 1.00 e. The Morgan fingerprint density at radius 1 is 0.476 bits per heavy atom. The average molecular weight is 298 g/mol. The van der Waals surface area contributed by atoms with Crippen LogP contribution in [0.4, 0.5) is 0 Å². The van der Waals surface area contributed by atoms with Crippen LogP contribution >= 0.6 is 0 Å². The van der Waals surface area contributed by atoms with Crippen LogP contribution in [-0.2, 0) is 0 Å². The molecule has 0 aromatic heterocycles. The van der Waals surface area contributed by atoms with Gasteiger partial charge in [-0.05, 0) is 0 Å². The third-order valence-electron chi connectivity index (χ3n) is 3.54. The summed E-state index contributed by atoms with van der Waals surface area (Å²) in [5.41, 5.74) is 0. The molecule has 21 heavy (non-hydrogen) atoms. The fraction of sp³-hybridized carbons (Fsp3) is 0. The van der Waals surface area contributed by atoms with Crippen molar-refractivity contribution in [1.82, 2.24) is 0 Å². The van der Waals surface area contributed by atoms with Crippen LogP contribution in [0.15, 0.2) is 91.0 Å².